The van der Waals surface area contributed by atoms with Crippen molar-refractivity contribution in [3.63, 3.8) is 0 Å². The van der Waals surface area contributed by atoms with Gasteiger partial charge in [-0.1, -0.05) is 0 Å². The number of aliphatic hydroxyl groups is 1. The van der Waals surface area contributed by atoms with E-state index in [0.29, 0.717) is 0 Å². The number of nitrogens with zero attached hydrogens (tertiary/aromatic N) is 1. The highest BCUT2D eigenvalue weighted by Crippen LogP contribution is 2.28. The Labute approximate surface area is 98.5 Å². The lowest BCUT2D eigenvalue weighted by Gasteiger charge is -2.12. The summed E-state index contributed by atoms with van der Waals surface area (Å²) in [5, 5.41) is 26.6. The number of aromatic hydroxyl groups is 1. The van der Waals surface area contributed by atoms with Gasteiger partial charge < -0.3 is 15.9 Å². The summed E-state index contributed by atoms with van der Waals surface area (Å²) < 4.78 is 13.1. The van der Waals surface area contributed by atoms with Crippen LogP contribution in [0.4, 0.5) is 4.39 Å². The molecule has 0 bridgehead atoms. The molecule has 6 heteroatoms. The SMILES string of the molecule is Cl.N#Cc1cc(F)c(O)c([C@@H](N)CCO)c1. The molecule has 4 N–H and O–H groups in total. The Balaban J connectivity index is 0.00000225. The maximum atomic E-state index is 13.1. The Morgan fingerprint density at radius 2 is 2.12 bits per heavy atom. The van der Waals surface area contributed by atoms with E-state index in [1.54, 1.807) is 6.07 Å². The summed E-state index contributed by atoms with van der Waals surface area (Å²) in [6, 6.07) is 3.33. The number of aliphatic hydroxyl groups excluding tert-OH is 1. The number of halogens is 2. The first-order valence-electron chi connectivity index (χ1n) is 4.39. The van der Waals surface area contributed by atoms with Crippen LogP contribution < -0.4 is 5.73 Å². The number of phenols is 1. The molecule has 4 nitrogen and oxygen atoms in total. The largest absolute Gasteiger partial charge is 0.505 e. The highest BCUT2D eigenvalue weighted by molar-refractivity contribution is 5.85. The summed E-state index contributed by atoms with van der Waals surface area (Å²) in [4.78, 5) is 0. The van der Waals surface area contributed by atoms with Gasteiger partial charge in [-0.05, 0) is 18.6 Å². The van der Waals surface area contributed by atoms with Gasteiger partial charge in [0.25, 0.3) is 0 Å². The maximum Gasteiger partial charge on any atom is 0.166 e. The van der Waals surface area contributed by atoms with Crippen LogP contribution >= 0.6 is 12.4 Å². The molecule has 0 saturated heterocycles. The molecule has 0 fully saturated rings. The molecule has 16 heavy (non-hydrogen) atoms. The van der Waals surface area contributed by atoms with E-state index in [1.165, 1.54) is 6.07 Å². The fourth-order valence-corrected chi connectivity index (χ4v) is 1.26. The van der Waals surface area contributed by atoms with Crippen LogP contribution in [0.25, 0.3) is 0 Å². The van der Waals surface area contributed by atoms with Gasteiger partial charge in [0.2, 0.25) is 0 Å². The summed E-state index contributed by atoms with van der Waals surface area (Å²) in [5.41, 5.74) is 5.83. The van der Waals surface area contributed by atoms with Gasteiger partial charge in [-0.25, -0.2) is 4.39 Å². The van der Waals surface area contributed by atoms with E-state index in [4.69, 9.17) is 16.1 Å². The molecule has 0 unspecified atom stereocenters. The predicted octanol–water partition coefficient (Wildman–Crippen LogP) is 1.21. The van der Waals surface area contributed by atoms with Crippen LogP contribution in [-0.2, 0) is 0 Å². The minimum Gasteiger partial charge on any atom is -0.505 e. The van der Waals surface area contributed by atoms with Gasteiger partial charge in [0.05, 0.1) is 11.6 Å². The minimum atomic E-state index is -0.877. The molecule has 1 aromatic rings. The Hall–Kier alpha value is -1.35. The van der Waals surface area contributed by atoms with Crippen LogP contribution in [0.2, 0.25) is 0 Å². The van der Waals surface area contributed by atoms with Gasteiger partial charge in [0, 0.05) is 18.2 Å². The summed E-state index contributed by atoms with van der Waals surface area (Å²) in [7, 11) is 0. The average Bonchev–Trinajstić information content (AvgIpc) is 2.22. The molecule has 0 aliphatic carbocycles. The van der Waals surface area contributed by atoms with Crippen LogP contribution in [0.3, 0.4) is 0 Å². The molecule has 0 aliphatic heterocycles. The van der Waals surface area contributed by atoms with Crippen molar-refractivity contribution in [3.05, 3.63) is 29.1 Å². The Kier molecular flexibility index (Phi) is 5.75. The molecule has 0 aromatic heterocycles. The quantitative estimate of drug-likeness (QED) is 0.748. The second-order valence-corrected chi connectivity index (χ2v) is 3.13. The van der Waals surface area contributed by atoms with Crippen molar-refractivity contribution in [2.75, 3.05) is 6.61 Å². The van der Waals surface area contributed by atoms with Crippen molar-refractivity contribution >= 4 is 12.4 Å². The van der Waals surface area contributed by atoms with Crippen LogP contribution in [0.5, 0.6) is 5.75 Å². The van der Waals surface area contributed by atoms with Crippen molar-refractivity contribution in [2.24, 2.45) is 5.73 Å². The van der Waals surface area contributed by atoms with E-state index in [9.17, 15) is 9.50 Å². The van der Waals surface area contributed by atoms with Crippen molar-refractivity contribution in [1.82, 2.24) is 0 Å². The van der Waals surface area contributed by atoms with E-state index in [2.05, 4.69) is 0 Å². The number of rotatable bonds is 3. The monoisotopic (exact) mass is 246 g/mol. The van der Waals surface area contributed by atoms with Crippen LogP contribution in [-0.4, -0.2) is 16.8 Å². The lowest BCUT2D eigenvalue weighted by Crippen LogP contribution is -2.12. The highest BCUT2D eigenvalue weighted by Gasteiger charge is 2.15. The molecule has 1 aromatic carbocycles. The van der Waals surface area contributed by atoms with Gasteiger partial charge >= 0.3 is 0 Å². The summed E-state index contributed by atoms with van der Waals surface area (Å²) >= 11 is 0. The third-order valence-corrected chi connectivity index (χ3v) is 2.06. The third-order valence-electron chi connectivity index (χ3n) is 2.06. The Morgan fingerprint density at radius 3 is 2.62 bits per heavy atom. The van der Waals surface area contributed by atoms with Gasteiger partial charge in [-0.2, -0.15) is 5.26 Å². The Morgan fingerprint density at radius 1 is 1.50 bits per heavy atom. The normalized spacial score (nSPS) is 11.4. The van der Waals surface area contributed by atoms with Gasteiger partial charge in [0.1, 0.15) is 0 Å². The van der Waals surface area contributed by atoms with E-state index < -0.39 is 17.6 Å². The van der Waals surface area contributed by atoms with Crippen LogP contribution in [0, 0.1) is 17.1 Å². The number of benzene rings is 1. The number of hydrogen-bond acceptors (Lipinski definition) is 4. The van der Waals surface area contributed by atoms with Gasteiger partial charge in [0.15, 0.2) is 11.6 Å². The van der Waals surface area contributed by atoms with E-state index in [1.807, 2.05) is 0 Å². The summed E-state index contributed by atoms with van der Waals surface area (Å²) in [5.74, 6) is -1.44. The molecular weight excluding hydrogens is 235 g/mol. The minimum absolute atomic E-state index is 0. The Bertz CT molecular complexity index is 407. The first-order valence-corrected chi connectivity index (χ1v) is 4.39. The third kappa shape index (κ3) is 3.07. The number of phenolic OH excluding ortho intramolecular Hbond substituents is 1. The molecule has 1 atom stereocenters. The first-order chi connectivity index (χ1) is 7.10. The van der Waals surface area contributed by atoms with Crippen LogP contribution in [0.1, 0.15) is 23.6 Å². The fourth-order valence-electron chi connectivity index (χ4n) is 1.26. The maximum absolute atomic E-state index is 13.1. The zero-order chi connectivity index (χ0) is 11.4. The smallest absolute Gasteiger partial charge is 0.166 e. The fraction of sp³-hybridized carbons (Fsp3) is 0.300. The predicted molar refractivity (Wildman–Crippen MR) is 58.7 cm³/mol. The van der Waals surface area contributed by atoms with E-state index in [0.717, 1.165) is 6.07 Å². The van der Waals surface area contributed by atoms with Gasteiger partial charge in [-0.3, -0.25) is 0 Å². The lowest BCUT2D eigenvalue weighted by atomic mass is 10.0. The highest BCUT2D eigenvalue weighted by atomic mass is 35.5. The van der Waals surface area contributed by atoms with E-state index in [-0.39, 0.29) is 36.6 Å². The molecule has 0 aliphatic rings. The molecule has 0 radical (unpaired) electrons. The van der Waals surface area contributed by atoms with E-state index >= 15 is 0 Å². The summed E-state index contributed by atoms with van der Waals surface area (Å²) in [6.45, 7) is -0.168. The van der Waals surface area contributed by atoms with Crippen molar-refractivity contribution in [3.8, 4) is 11.8 Å². The molecule has 0 spiro atoms. The second-order valence-electron chi connectivity index (χ2n) is 3.13. The zero-order valence-corrected chi connectivity index (χ0v) is 9.17. The number of nitrogens with two attached hydrogens (primary N) is 1. The van der Waals surface area contributed by atoms with Crippen molar-refractivity contribution in [2.45, 2.75) is 12.5 Å². The molecular formula is C10H12ClFN2O2. The molecule has 88 valence electrons. The second kappa shape index (κ2) is 6.28. The first kappa shape index (κ1) is 14.6. The zero-order valence-electron chi connectivity index (χ0n) is 8.35. The van der Waals surface area contributed by atoms with Gasteiger partial charge in [-0.15, -0.1) is 12.4 Å². The molecule has 0 saturated carbocycles. The van der Waals surface area contributed by atoms with Crippen molar-refractivity contribution < 1.29 is 14.6 Å². The number of hydrogen-bond donors (Lipinski definition) is 3. The number of nitriles is 1. The standard InChI is InChI=1S/C10H11FN2O2.ClH/c11-8-4-6(5-12)3-7(10(8)15)9(13)1-2-14;/h3-4,9,14-15H,1-2,13H2;1H/t9-;/m0./s1. The van der Waals surface area contributed by atoms with Crippen molar-refractivity contribution in [1.29, 1.82) is 5.26 Å². The van der Waals surface area contributed by atoms with Crippen LogP contribution in [0.15, 0.2) is 12.1 Å². The topological polar surface area (TPSA) is 90.3 Å². The molecule has 0 amide bonds. The molecule has 1 rings (SSSR count). The average molecular weight is 247 g/mol. The molecule has 0 heterocycles. The lowest BCUT2D eigenvalue weighted by molar-refractivity contribution is 0.275. The summed E-state index contributed by atoms with van der Waals surface area (Å²) in [6.07, 6.45) is 0.196.